The van der Waals surface area contributed by atoms with E-state index in [1.165, 1.54) is 0 Å². The summed E-state index contributed by atoms with van der Waals surface area (Å²) in [6, 6.07) is 7.36. The van der Waals surface area contributed by atoms with E-state index >= 15 is 0 Å². The zero-order chi connectivity index (χ0) is 12.8. The topological polar surface area (TPSA) is 51.0 Å². The van der Waals surface area contributed by atoms with Gasteiger partial charge in [0, 0.05) is 12.2 Å². The van der Waals surface area contributed by atoms with Crippen molar-refractivity contribution in [2.24, 2.45) is 0 Å². The summed E-state index contributed by atoms with van der Waals surface area (Å²) in [4.78, 5) is 3.42. The van der Waals surface area contributed by atoms with Crippen molar-refractivity contribution in [2.45, 2.75) is 12.1 Å². The number of aromatic nitrogens is 2. The van der Waals surface area contributed by atoms with Crippen LogP contribution in [-0.4, -0.2) is 16.7 Å². The molecule has 7 heteroatoms. The summed E-state index contributed by atoms with van der Waals surface area (Å²) in [6.45, 7) is 0.457. The molecule has 1 unspecified atom stereocenters. The average Bonchev–Trinajstić information content (AvgIpc) is 2.94. The number of rotatable bonds is 1. The van der Waals surface area contributed by atoms with Gasteiger partial charge in [-0.05, 0) is 11.6 Å². The molecule has 0 amide bonds. The van der Waals surface area contributed by atoms with Crippen LogP contribution >= 0.6 is 0 Å². The molecular weight excluding hydrogens is 247 g/mol. The molecule has 1 aliphatic heterocycles. The highest BCUT2D eigenvalue weighted by Crippen LogP contribution is 2.36. The second kappa shape index (κ2) is 3.72. The van der Waals surface area contributed by atoms with E-state index in [1.54, 1.807) is 0 Å². The summed E-state index contributed by atoms with van der Waals surface area (Å²) in [6.07, 6.45) is -4.58. The Kier molecular flexibility index (Phi) is 2.29. The summed E-state index contributed by atoms with van der Waals surface area (Å²) in [5.74, 6) is -1.58. The first-order valence-corrected chi connectivity index (χ1v) is 5.29. The van der Waals surface area contributed by atoms with Gasteiger partial charge in [-0.25, -0.2) is 0 Å². The fourth-order valence-electron chi connectivity index (χ4n) is 2.00. The first-order valence-electron chi connectivity index (χ1n) is 5.29. The predicted molar refractivity (Wildman–Crippen MR) is 56.1 cm³/mol. The first kappa shape index (κ1) is 11.1. The molecule has 2 heterocycles. The minimum Gasteiger partial charge on any atom is -0.384 e. The quantitative estimate of drug-likeness (QED) is 0.851. The van der Waals surface area contributed by atoms with Crippen molar-refractivity contribution in [1.82, 2.24) is 10.1 Å². The molecule has 0 saturated carbocycles. The number of nitrogens with zero attached hydrogens (tertiary/aromatic N) is 2. The minimum absolute atomic E-state index is 0.0141. The molecule has 1 aliphatic rings. The second-order valence-electron chi connectivity index (χ2n) is 3.97. The van der Waals surface area contributed by atoms with E-state index in [0.29, 0.717) is 6.54 Å². The van der Waals surface area contributed by atoms with E-state index in [9.17, 15) is 13.2 Å². The number of fused-ring (bicyclic) bond motifs is 1. The van der Waals surface area contributed by atoms with Gasteiger partial charge in [0.05, 0.1) is 5.92 Å². The van der Waals surface area contributed by atoms with Gasteiger partial charge in [0.2, 0.25) is 5.89 Å². The fraction of sp³-hybridized carbons (Fsp3) is 0.273. The van der Waals surface area contributed by atoms with Gasteiger partial charge in [0.1, 0.15) is 0 Å². The van der Waals surface area contributed by atoms with Gasteiger partial charge in [0.25, 0.3) is 5.82 Å². The molecule has 0 radical (unpaired) electrons. The molecule has 1 atom stereocenters. The molecule has 3 rings (SSSR count). The SMILES string of the molecule is FC(F)(F)c1noc(C2CNc3ccccc32)n1. The maximum atomic E-state index is 12.4. The second-order valence-corrected chi connectivity index (χ2v) is 3.97. The Balaban J connectivity index is 1.96. The molecule has 94 valence electrons. The summed E-state index contributed by atoms with van der Waals surface area (Å²) >= 11 is 0. The van der Waals surface area contributed by atoms with Crippen LogP contribution in [0.1, 0.15) is 23.2 Å². The van der Waals surface area contributed by atoms with Crippen LogP contribution in [-0.2, 0) is 6.18 Å². The first-order chi connectivity index (χ1) is 8.55. The molecule has 1 N–H and O–H groups in total. The molecular formula is C11H8F3N3O. The van der Waals surface area contributed by atoms with Crippen LogP contribution < -0.4 is 5.32 Å². The molecule has 0 aliphatic carbocycles. The number of halogens is 3. The Labute approximate surface area is 99.8 Å². The molecule has 1 aromatic carbocycles. The number of hydrogen-bond acceptors (Lipinski definition) is 4. The fourth-order valence-corrected chi connectivity index (χ4v) is 2.00. The standard InChI is InChI=1S/C11H8F3N3O/c12-11(13,14)10-16-9(18-17-10)7-5-15-8-4-2-1-3-6(7)8/h1-4,7,15H,5H2. The number of nitrogens with one attached hydrogen (secondary N) is 1. The summed E-state index contributed by atoms with van der Waals surface area (Å²) in [7, 11) is 0. The number of hydrogen-bond donors (Lipinski definition) is 1. The lowest BCUT2D eigenvalue weighted by Gasteiger charge is -2.03. The molecule has 1 aromatic heterocycles. The van der Waals surface area contributed by atoms with Gasteiger partial charge in [0.15, 0.2) is 0 Å². The van der Waals surface area contributed by atoms with Gasteiger partial charge in [-0.2, -0.15) is 18.2 Å². The van der Waals surface area contributed by atoms with Crippen LogP contribution in [0, 0.1) is 0 Å². The molecule has 0 fully saturated rings. The van der Waals surface area contributed by atoms with Crippen molar-refractivity contribution in [1.29, 1.82) is 0 Å². The van der Waals surface area contributed by atoms with Gasteiger partial charge in [-0.15, -0.1) is 0 Å². The van der Waals surface area contributed by atoms with Crippen molar-refractivity contribution < 1.29 is 17.7 Å². The van der Waals surface area contributed by atoms with Gasteiger partial charge in [-0.1, -0.05) is 23.4 Å². The van der Waals surface area contributed by atoms with Crippen LogP contribution in [0.15, 0.2) is 28.8 Å². The Morgan fingerprint density at radius 1 is 1.28 bits per heavy atom. The van der Waals surface area contributed by atoms with E-state index in [2.05, 4.69) is 15.5 Å². The number of benzene rings is 1. The van der Waals surface area contributed by atoms with Crippen LogP contribution in [0.25, 0.3) is 0 Å². The highest BCUT2D eigenvalue weighted by Gasteiger charge is 2.39. The third-order valence-corrected chi connectivity index (χ3v) is 2.83. The van der Waals surface area contributed by atoms with Gasteiger partial charge >= 0.3 is 6.18 Å². The normalized spacial score (nSPS) is 18.5. The van der Waals surface area contributed by atoms with Crippen molar-refractivity contribution in [3.8, 4) is 0 Å². The molecule has 18 heavy (non-hydrogen) atoms. The van der Waals surface area contributed by atoms with Crippen LogP contribution in [0.4, 0.5) is 18.9 Å². The van der Waals surface area contributed by atoms with Crippen LogP contribution in [0.3, 0.4) is 0 Å². The maximum Gasteiger partial charge on any atom is 0.455 e. The Morgan fingerprint density at radius 3 is 2.78 bits per heavy atom. The molecule has 0 spiro atoms. The minimum atomic E-state index is -4.58. The summed E-state index contributed by atoms with van der Waals surface area (Å²) in [5.41, 5.74) is 1.75. The van der Waals surface area contributed by atoms with Gasteiger partial charge < -0.3 is 9.84 Å². The van der Waals surface area contributed by atoms with Crippen LogP contribution in [0.2, 0.25) is 0 Å². The molecule has 2 aromatic rings. The van der Waals surface area contributed by atoms with E-state index in [4.69, 9.17) is 4.52 Å². The predicted octanol–water partition coefficient (Wildman–Crippen LogP) is 2.65. The zero-order valence-electron chi connectivity index (χ0n) is 9.03. The smallest absolute Gasteiger partial charge is 0.384 e. The Hall–Kier alpha value is -2.05. The lowest BCUT2D eigenvalue weighted by atomic mass is 10.0. The lowest BCUT2D eigenvalue weighted by molar-refractivity contribution is -0.146. The molecule has 0 saturated heterocycles. The van der Waals surface area contributed by atoms with E-state index in [0.717, 1.165) is 11.3 Å². The number of anilines is 1. The number of para-hydroxylation sites is 1. The highest BCUT2D eigenvalue weighted by atomic mass is 19.4. The van der Waals surface area contributed by atoms with E-state index in [-0.39, 0.29) is 11.8 Å². The van der Waals surface area contributed by atoms with E-state index < -0.39 is 12.0 Å². The monoisotopic (exact) mass is 255 g/mol. The Morgan fingerprint density at radius 2 is 2.06 bits per heavy atom. The van der Waals surface area contributed by atoms with Crippen molar-refractivity contribution in [3.05, 3.63) is 41.5 Å². The van der Waals surface area contributed by atoms with Crippen molar-refractivity contribution in [2.75, 3.05) is 11.9 Å². The van der Waals surface area contributed by atoms with Crippen molar-refractivity contribution >= 4 is 5.69 Å². The summed E-state index contributed by atoms with van der Waals surface area (Å²) < 4.78 is 41.9. The zero-order valence-corrected chi connectivity index (χ0v) is 9.03. The van der Waals surface area contributed by atoms with Crippen LogP contribution in [0.5, 0.6) is 0 Å². The third-order valence-electron chi connectivity index (χ3n) is 2.83. The van der Waals surface area contributed by atoms with Crippen molar-refractivity contribution in [3.63, 3.8) is 0 Å². The lowest BCUT2D eigenvalue weighted by Crippen LogP contribution is -2.09. The summed E-state index contributed by atoms with van der Waals surface area (Å²) in [5, 5.41) is 6.05. The largest absolute Gasteiger partial charge is 0.455 e. The highest BCUT2D eigenvalue weighted by molar-refractivity contribution is 5.59. The average molecular weight is 255 g/mol. The molecule has 0 bridgehead atoms. The Bertz CT molecular complexity index is 579. The molecule has 4 nitrogen and oxygen atoms in total. The maximum absolute atomic E-state index is 12.4. The van der Waals surface area contributed by atoms with Gasteiger partial charge in [-0.3, -0.25) is 0 Å². The van der Waals surface area contributed by atoms with E-state index in [1.807, 2.05) is 24.3 Å². The number of alkyl halides is 3. The third kappa shape index (κ3) is 1.71.